The van der Waals surface area contributed by atoms with Crippen LogP contribution >= 0.6 is 0 Å². The maximum Gasteiger partial charge on any atom is 0.336 e. The summed E-state index contributed by atoms with van der Waals surface area (Å²) in [5.74, 6) is -1.28. The standard InChI is InChI=1S/C31H37F2N5O4S/c32-24-14-22(15-25(33)17-24)16-26-18-34-12-13-37(26)31(39)29-30(23-6-2-1-3-7-23)38(20-35-29)28-9-5-4-8-27(28)36-43(40,41)42-19-21-10-11-21/h1-3,6-7,14-15,17,20-21,26-28,34,36H,4-5,8-13,16,18-19H2/t26-,27+,28+/m1/s1. The van der Waals surface area contributed by atoms with E-state index in [1.807, 2.05) is 34.9 Å². The van der Waals surface area contributed by atoms with E-state index in [0.29, 0.717) is 49.7 Å². The zero-order valence-electron chi connectivity index (χ0n) is 23.9. The molecule has 3 aliphatic rings. The maximum absolute atomic E-state index is 14.2. The molecule has 1 aromatic heterocycles. The van der Waals surface area contributed by atoms with Crippen LogP contribution in [-0.2, 0) is 20.9 Å². The summed E-state index contributed by atoms with van der Waals surface area (Å²) in [6.45, 7) is 1.65. The van der Waals surface area contributed by atoms with Crippen molar-refractivity contribution in [3.63, 3.8) is 0 Å². The minimum absolute atomic E-state index is 0.194. The Hall–Kier alpha value is -3.19. The first-order valence-corrected chi connectivity index (χ1v) is 16.4. The predicted octanol–water partition coefficient (Wildman–Crippen LogP) is 4.23. The summed E-state index contributed by atoms with van der Waals surface area (Å²) >= 11 is 0. The van der Waals surface area contributed by atoms with Crippen molar-refractivity contribution in [2.24, 2.45) is 5.92 Å². The van der Waals surface area contributed by atoms with E-state index in [1.165, 1.54) is 12.1 Å². The minimum atomic E-state index is -3.94. The van der Waals surface area contributed by atoms with Crippen LogP contribution in [0.5, 0.6) is 0 Å². The molecule has 3 atom stereocenters. The van der Waals surface area contributed by atoms with Gasteiger partial charge >= 0.3 is 10.3 Å². The number of rotatable bonds is 10. The molecule has 2 aromatic carbocycles. The molecule has 6 rings (SSSR count). The highest BCUT2D eigenvalue weighted by molar-refractivity contribution is 7.84. The Labute approximate surface area is 250 Å². The van der Waals surface area contributed by atoms with Gasteiger partial charge in [0.2, 0.25) is 0 Å². The molecule has 2 saturated carbocycles. The molecule has 2 heterocycles. The number of piperazine rings is 1. The summed E-state index contributed by atoms with van der Waals surface area (Å²) in [6.07, 6.45) is 7.01. The lowest BCUT2D eigenvalue weighted by molar-refractivity contribution is 0.0631. The molecule has 3 fully saturated rings. The van der Waals surface area contributed by atoms with Crippen LogP contribution in [-0.4, -0.2) is 67.1 Å². The molecule has 2 aliphatic carbocycles. The van der Waals surface area contributed by atoms with Gasteiger partial charge in [0.05, 0.1) is 24.7 Å². The maximum atomic E-state index is 14.2. The lowest BCUT2D eigenvalue weighted by Crippen LogP contribution is -2.54. The van der Waals surface area contributed by atoms with Gasteiger partial charge in [0.25, 0.3) is 5.91 Å². The fraction of sp³-hybridized carbons (Fsp3) is 0.484. The quantitative estimate of drug-likeness (QED) is 0.355. The van der Waals surface area contributed by atoms with Gasteiger partial charge in [-0.3, -0.25) is 8.98 Å². The monoisotopic (exact) mass is 613 g/mol. The third kappa shape index (κ3) is 7.14. The fourth-order valence-corrected chi connectivity index (χ4v) is 7.36. The first-order chi connectivity index (χ1) is 20.8. The lowest BCUT2D eigenvalue weighted by atomic mass is 9.90. The van der Waals surface area contributed by atoms with Crippen molar-refractivity contribution in [1.29, 1.82) is 0 Å². The first-order valence-electron chi connectivity index (χ1n) is 15.0. The van der Waals surface area contributed by atoms with Gasteiger partial charge in [-0.25, -0.2) is 13.8 Å². The molecule has 12 heteroatoms. The Bertz CT molecular complexity index is 1530. The van der Waals surface area contributed by atoms with E-state index in [9.17, 15) is 22.0 Å². The van der Waals surface area contributed by atoms with Gasteiger partial charge < -0.3 is 14.8 Å². The van der Waals surface area contributed by atoms with Gasteiger partial charge in [-0.05, 0) is 55.7 Å². The van der Waals surface area contributed by atoms with E-state index in [4.69, 9.17) is 4.18 Å². The molecule has 2 N–H and O–H groups in total. The average Bonchev–Trinajstić information content (AvgIpc) is 3.72. The number of hydrogen-bond acceptors (Lipinski definition) is 6. The second kappa shape index (κ2) is 12.8. The molecule has 9 nitrogen and oxygen atoms in total. The predicted molar refractivity (Wildman–Crippen MR) is 157 cm³/mol. The second-order valence-corrected chi connectivity index (χ2v) is 13.2. The fourth-order valence-electron chi connectivity index (χ4n) is 6.27. The molecule has 0 radical (unpaired) electrons. The number of halogens is 2. The Balaban J connectivity index is 1.31. The van der Waals surface area contributed by atoms with Gasteiger partial charge in [0, 0.05) is 43.3 Å². The topological polar surface area (TPSA) is 106 Å². The highest BCUT2D eigenvalue weighted by atomic mass is 32.2. The molecule has 3 aromatic rings. The highest BCUT2D eigenvalue weighted by Gasteiger charge is 2.36. The number of aromatic nitrogens is 2. The third-order valence-corrected chi connectivity index (χ3v) is 9.62. The van der Waals surface area contributed by atoms with E-state index < -0.39 is 28.0 Å². The second-order valence-electron chi connectivity index (χ2n) is 11.8. The Morgan fingerprint density at radius 3 is 2.53 bits per heavy atom. The van der Waals surface area contributed by atoms with Crippen molar-refractivity contribution in [2.45, 2.75) is 63.1 Å². The molecule has 0 bridgehead atoms. The Kier molecular flexibility index (Phi) is 8.90. The van der Waals surface area contributed by atoms with Gasteiger partial charge in [-0.1, -0.05) is 43.2 Å². The smallest absolute Gasteiger partial charge is 0.331 e. The number of amides is 1. The summed E-state index contributed by atoms with van der Waals surface area (Å²) in [5.41, 5.74) is 2.15. The average molecular weight is 614 g/mol. The molecular formula is C31H37F2N5O4S. The van der Waals surface area contributed by atoms with Gasteiger partial charge in [0.1, 0.15) is 11.6 Å². The number of nitrogens with zero attached hydrogens (tertiary/aromatic N) is 3. The molecule has 230 valence electrons. The highest BCUT2D eigenvalue weighted by Crippen LogP contribution is 2.36. The van der Waals surface area contributed by atoms with Crippen molar-refractivity contribution in [1.82, 2.24) is 24.5 Å². The normalized spacial score (nSPS) is 22.9. The van der Waals surface area contributed by atoms with Crippen molar-refractivity contribution in [2.75, 3.05) is 26.2 Å². The van der Waals surface area contributed by atoms with Crippen LogP contribution in [0.1, 0.15) is 60.6 Å². The summed E-state index contributed by atoms with van der Waals surface area (Å²) < 4.78 is 63.6. The first kappa shape index (κ1) is 29.9. The van der Waals surface area contributed by atoms with Crippen LogP contribution in [0.2, 0.25) is 0 Å². The van der Waals surface area contributed by atoms with Crippen LogP contribution in [0.25, 0.3) is 11.3 Å². The van der Waals surface area contributed by atoms with E-state index >= 15 is 0 Å². The van der Waals surface area contributed by atoms with E-state index in [1.54, 1.807) is 11.2 Å². The van der Waals surface area contributed by atoms with Crippen LogP contribution < -0.4 is 10.0 Å². The van der Waals surface area contributed by atoms with Crippen LogP contribution in [0, 0.1) is 17.6 Å². The van der Waals surface area contributed by atoms with Crippen LogP contribution in [0.3, 0.4) is 0 Å². The SMILES string of the molecule is O=C(c1ncn([C@H]2CCCC[C@@H]2NS(=O)(=O)OCC2CC2)c1-c1ccccc1)N1CCNC[C@H]1Cc1cc(F)cc(F)c1. The minimum Gasteiger partial charge on any atom is -0.331 e. The van der Waals surface area contributed by atoms with Crippen molar-refractivity contribution in [3.8, 4) is 11.3 Å². The largest absolute Gasteiger partial charge is 0.336 e. The summed E-state index contributed by atoms with van der Waals surface area (Å²) in [5, 5.41) is 3.29. The molecule has 0 unspecified atom stereocenters. The Morgan fingerprint density at radius 1 is 1.05 bits per heavy atom. The Morgan fingerprint density at radius 2 is 1.79 bits per heavy atom. The van der Waals surface area contributed by atoms with Crippen molar-refractivity contribution in [3.05, 3.63) is 77.8 Å². The summed E-state index contributed by atoms with van der Waals surface area (Å²) in [6, 6.07) is 11.9. The van der Waals surface area contributed by atoms with E-state index in [-0.39, 0.29) is 36.7 Å². The van der Waals surface area contributed by atoms with Crippen molar-refractivity contribution >= 4 is 16.2 Å². The van der Waals surface area contributed by atoms with Gasteiger partial charge in [0.15, 0.2) is 5.69 Å². The number of carbonyl (C=O) groups is 1. The lowest BCUT2D eigenvalue weighted by Gasteiger charge is -2.36. The number of imidazole rings is 1. The van der Waals surface area contributed by atoms with E-state index in [2.05, 4.69) is 15.0 Å². The van der Waals surface area contributed by atoms with Crippen LogP contribution in [0.4, 0.5) is 8.78 Å². The van der Waals surface area contributed by atoms with Gasteiger partial charge in [-0.2, -0.15) is 13.1 Å². The zero-order valence-corrected chi connectivity index (χ0v) is 24.7. The number of benzene rings is 2. The molecule has 1 aliphatic heterocycles. The molecular weight excluding hydrogens is 576 g/mol. The number of nitrogens with one attached hydrogen (secondary N) is 2. The zero-order chi connectivity index (χ0) is 30.0. The molecule has 0 spiro atoms. The number of carbonyl (C=O) groups excluding carboxylic acids is 1. The third-order valence-electron chi connectivity index (χ3n) is 8.59. The van der Waals surface area contributed by atoms with E-state index in [0.717, 1.165) is 37.3 Å². The molecule has 1 saturated heterocycles. The number of hydrogen-bond donors (Lipinski definition) is 2. The van der Waals surface area contributed by atoms with Crippen molar-refractivity contribution < 1.29 is 26.2 Å². The van der Waals surface area contributed by atoms with Gasteiger partial charge in [-0.15, -0.1) is 0 Å². The summed E-state index contributed by atoms with van der Waals surface area (Å²) in [4.78, 5) is 20.6. The molecule has 43 heavy (non-hydrogen) atoms. The molecule has 1 amide bonds. The summed E-state index contributed by atoms with van der Waals surface area (Å²) in [7, 11) is -3.94. The van der Waals surface area contributed by atoms with Crippen LogP contribution in [0.15, 0.2) is 54.9 Å².